The normalized spacial score (nSPS) is 10.6. The number of carbonyl (C=O) groups excluding carboxylic acids is 1. The highest BCUT2D eigenvalue weighted by atomic mass is 16.1. The summed E-state index contributed by atoms with van der Waals surface area (Å²) in [6.07, 6.45) is 0. The lowest BCUT2D eigenvalue weighted by Gasteiger charge is -2.07. The first-order valence-electron chi connectivity index (χ1n) is 5.77. The van der Waals surface area contributed by atoms with Crippen LogP contribution in [0.5, 0.6) is 0 Å². The number of amides is 1. The van der Waals surface area contributed by atoms with Gasteiger partial charge in [0.25, 0.3) is 5.91 Å². The van der Waals surface area contributed by atoms with Gasteiger partial charge in [-0.15, -0.1) is 5.10 Å². The summed E-state index contributed by atoms with van der Waals surface area (Å²) in [7, 11) is 0. The molecule has 0 saturated carbocycles. The molecule has 1 aromatic carbocycles. The molecule has 0 aliphatic rings. The Bertz CT molecular complexity index is 504. The molecule has 0 unspecified atom stereocenters. The third-order valence-corrected chi connectivity index (χ3v) is 2.65. The first-order valence-corrected chi connectivity index (χ1v) is 5.77. The number of nitrogens with one attached hydrogen (secondary N) is 2. The molecule has 0 aliphatic heterocycles. The van der Waals surface area contributed by atoms with E-state index in [1.807, 2.05) is 24.3 Å². The molecule has 2 rings (SSSR count). The number of tetrazole rings is 1. The van der Waals surface area contributed by atoms with Gasteiger partial charge in [0.15, 0.2) is 5.82 Å². The van der Waals surface area contributed by atoms with Crippen molar-refractivity contribution in [1.82, 2.24) is 25.9 Å². The maximum Gasteiger partial charge on any atom is 0.251 e. The molecule has 1 amide bonds. The Morgan fingerprint density at radius 2 is 2.06 bits per heavy atom. The monoisotopic (exact) mass is 245 g/mol. The van der Waals surface area contributed by atoms with Crippen molar-refractivity contribution in [2.45, 2.75) is 26.3 Å². The summed E-state index contributed by atoms with van der Waals surface area (Å²) >= 11 is 0. The van der Waals surface area contributed by atoms with Gasteiger partial charge < -0.3 is 5.32 Å². The third-order valence-electron chi connectivity index (χ3n) is 2.65. The summed E-state index contributed by atoms with van der Waals surface area (Å²) in [5.74, 6) is 0.853. The SMILES string of the molecule is CC(C)c1ccc(C(=O)NCc2nnn[nH]2)cc1. The van der Waals surface area contributed by atoms with Gasteiger partial charge in [0.1, 0.15) is 0 Å². The van der Waals surface area contributed by atoms with Crippen molar-refractivity contribution in [2.24, 2.45) is 0 Å². The number of carbonyl (C=O) groups is 1. The van der Waals surface area contributed by atoms with Crippen molar-refractivity contribution < 1.29 is 4.79 Å². The zero-order valence-electron chi connectivity index (χ0n) is 10.3. The Labute approximate surface area is 105 Å². The standard InChI is InChI=1S/C12H15N5O/c1-8(2)9-3-5-10(6-4-9)12(18)13-7-11-14-16-17-15-11/h3-6,8H,7H2,1-2H3,(H,13,18)(H,14,15,16,17). The van der Waals surface area contributed by atoms with Gasteiger partial charge in [0.2, 0.25) is 0 Å². The molecule has 0 spiro atoms. The zero-order valence-corrected chi connectivity index (χ0v) is 10.3. The second-order valence-electron chi connectivity index (χ2n) is 4.31. The van der Waals surface area contributed by atoms with Crippen molar-refractivity contribution in [3.05, 3.63) is 41.2 Å². The van der Waals surface area contributed by atoms with Gasteiger partial charge in [-0.2, -0.15) is 0 Å². The van der Waals surface area contributed by atoms with E-state index in [9.17, 15) is 4.79 Å². The maximum atomic E-state index is 11.8. The zero-order chi connectivity index (χ0) is 13.0. The second kappa shape index (κ2) is 5.39. The molecule has 0 atom stereocenters. The maximum absolute atomic E-state index is 11.8. The van der Waals surface area contributed by atoms with Crippen LogP contribution in [-0.2, 0) is 6.54 Å². The minimum absolute atomic E-state index is 0.137. The van der Waals surface area contributed by atoms with Gasteiger partial charge >= 0.3 is 0 Å². The molecule has 1 heterocycles. The van der Waals surface area contributed by atoms with E-state index < -0.39 is 0 Å². The highest BCUT2D eigenvalue weighted by Gasteiger charge is 2.07. The van der Waals surface area contributed by atoms with Crippen LogP contribution in [-0.4, -0.2) is 26.5 Å². The van der Waals surface area contributed by atoms with Crippen LogP contribution < -0.4 is 5.32 Å². The second-order valence-corrected chi connectivity index (χ2v) is 4.31. The molecule has 6 nitrogen and oxygen atoms in total. The van der Waals surface area contributed by atoms with Gasteiger partial charge in [-0.25, -0.2) is 5.10 Å². The molecule has 6 heteroatoms. The molecular weight excluding hydrogens is 230 g/mol. The fraction of sp³-hybridized carbons (Fsp3) is 0.333. The van der Waals surface area contributed by atoms with Crippen LogP contribution in [0.4, 0.5) is 0 Å². The average molecular weight is 245 g/mol. The Kier molecular flexibility index (Phi) is 3.66. The smallest absolute Gasteiger partial charge is 0.251 e. The number of nitrogens with zero attached hydrogens (tertiary/aromatic N) is 3. The molecule has 2 aromatic rings. The summed E-state index contributed by atoms with van der Waals surface area (Å²) in [6, 6.07) is 7.58. The Hall–Kier alpha value is -2.24. The van der Waals surface area contributed by atoms with E-state index in [1.165, 1.54) is 5.56 Å². The van der Waals surface area contributed by atoms with Crippen molar-refractivity contribution in [2.75, 3.05) is 0 Å². The van der Waals surface area contributed by atoms with Crippen LogP contribution in [0.25, 0.3) is 0 Å². The number of aromatic nitrogens is 4. The van der Waals surface area contributed by atoms with Crippen LogP contribution in [0.1, 0.15) is 41.5 Å². The number of benzene rings is 1. The van der Waals surface area contributed by atoms with Gasteiger partial charge in [-0.3, -0.25) is 4.79 Å². The van der Waals surface area contributed by atoms with Crippen LogP contribution in [0.15, 0.2) is 24.3 Å². The molecule has 0 aliphatic carbocycles. The van der Waals surface area contributed by atoms with E-state index in [2.05, 4.69) is 39.8 Å². The largest absolute Gasteiger partial charge is 0.345 e. The molecule has 0 saturated heterocycles. The Balaban J connectivity index is 1.96. The van der Waals surface area contributed by atoms with Crippen LogP contribution >= 0.6 is 0 Å². The average Bonchev–Trinajstić information content (AvgIpc) is 2.89. The molecule has 94 valence electrons. The number of hydrogen-bond acceptors (Lipinski definition) is 4. The summed E-state index contributed by atoms with van der Waals surface area (Å²) in [5, 5.41) is 15.9. The fourth-order valence-electron chi connectivity index (χ4n) is 1.54. The predicted octanol–water partition coefficient (Wildman–Crippen LogP) is 1.25. The van der Waals surface area contributed by atoms with Crippen LogP contribution in [0.3, 0.4) is 0 Å². The summed E-state index contributed by atoms with van der Waals surface area (Å²) in [4.78, 5) is 11.8. The van der Waals surface area contributed by atoms with Gasteiger partial charge in [0.05, 0.1) is 6.54 Å². The minimum Gasteiger partial charge on any atom is -0.345 e. The van der Waals surface area contributed by atoms with Crippen molar-refractivity contribution >= 4 is 5.91 Å². The summed E-state index contributed by atoms with van der Waals surface area (Å²) in [6.45, 7) is 4.52. The first-order chi connectivity index (χ1) is 8.66. The molecule has 0 bridgehead atoms. The minimum atomic E-state index is -0.137. The summed E-state index contributed by atoms with van der Waals surface area (Å²) in [5.41, 5.74) is 1.85. The van der Waals surface area contributed by atoms with Gasteiger partial charge in [0, 0.05) is 5.56 Å². The van der Waals surface area contributed by atoms with Crippen LogP contribution in [0.2, 0.25) is 0 Å². The fourth-order valence-corrected chi connectivity index (χ4v) is 1.54. The molecule has 0 radical (unpaired) electrons. The van der Waals surface area contributed by atoms with E-state index >= 15 is 0 Å². The van der Waals surface area contributed by atoms with Crippen molar-refractivity contribution in [3.8, 4) is 0 Å². The first kappa shape index (κ1) is 12.2. The molecule has 18 heavy (non-hydrogen) atoms. The lowest BCUT2D eigenvalue weighted by atomic mass is 10.0. The van der Waals surface area contributed by atoms with E-state index in [0.717, 1.165) is 0 Å². The number of aromatic amines is 1. The number of H-pyrrole nitrogens is 1. The highest BCUT2D eigenvalue weighted by Crippen LogP contribution is 2.14. The number of rotatable bonds is 4. The molecule has 1 aromatic heterocycles. The quantitative estimate of drug-likeness (QED) is 0.849. The van der Waals surface area contributed by atoms with Crippen molar-refractivity contribution in [3.63, 3.8) is 0 Å². The van der Waals surface area contributed by atoms with E-state index in [1.54, 1.807) is 0 Å². The highest BCUT2D eigenvalue weighted by molar-refractivity contribution is 5.94. The molecular formula is C12H15N5O. The number of hydrogen-bond donors (Lipinski definition) is 2. The Morgan fingerprint density at radius 1 is 1.33 bits per heavy atom. The molecule has 0 fully saturated rings. The third kappa shape index (κ3) is 2.91. The predicted molar refractivity (Wildman–Crippen MR) is 65.9 cm³/mol. The van der Waals surface area contributed by atoms with Gasteiger partial charge in [-0.1, -0.05) is 26.0 Å². The lowest BCUT2D eigenvalue weighted by Crippen LogP contribution is -2.23. The topological polar surface area (TPSA) is 83.6 Å². The van der Waals surface area contributed by atoms with E-state index in [4.69, 9.17) is 0 Å². The van der Waals surface area contributed by atoms with E-state index in [0.29, 0.717) is 17.3 Å². The van der Waals surface area contributed by atoms with Gasteiger partial charge in [-0.05, 0) is 34.0 Å². The van der Waals surface area contributed by atoms with Crippen molar-refractivity contribution in [1.29, 1.82) is 0 Å². The molecule has 2 N–H and O–H groups in total. The summed E-state index contributed by atoms with van der Waals surface area (Å²) < 4.78 is 0. The lowest BCUT2D eigenvalue weighted by molar-refractivity contribution is 0.0950. The van der Waals surface area contributed by atoms with Crippen LogP contribution in [0, 0.1) is 0 Å². The van der Waals surface area contributed by atoms with E-state index in [-0.39, 0.29) is 12.5 Å². The Morgan fingerprint density at radius 3 is 2.61 bits per heavy atom.